The van der Waals surface area contributed by atoms with Gasteiger partial charge in [0.05, 0.1) is 6.54 Å². The Morgan fingerprint density at radius 3 is 2.93 bits per heavy atom. The van der Waals surface area contributed by atoms with Crippen LogP contribution >= 0.6 is 15.9 Å². The second-order valence-corrected chi connectivity index (χ2v) is 4.05. The van der Waals surface area contributed by atoms with E-state index in [0.29, 0.717) is 6.04 Å². The van der Waals surface area contributed by atoms with E-state index in [0.717, 1.165) is 30.0 Å². The fourth-order valence-electron chi connectivity index (χ4n) is 1.12. The minimum atomic E-state index is 0.443. The largest absolute Gasteiger partial charge is 0.453 e. The van der Waals surface area contributed by atoms with Gasteiger partial charge in [0.15, 0.2) is 4.67 Å². The van der Waals surface area contributed by atoms with Crippen molar-refractivity contribution in [2.75, 3.05) is 13.7 Å². The summed E-state index contributed by atoms with van der Waals surface area (Å²) in [4.78, 5) is 0. The Labute approximate surface area is 92.9 Å². The van der Waals surface area contributed by atoms with E-state index in [2.05, 4.69) is 28.2 Å². The minimum Gasteiger partial charge on any atom is -0.453 e. The zero-order chi connectivity index (χ0) is 10.4. The van der Waals surface area contributed by atoms with Gasteiger partial charge in [0.2, 0.25) is 0 Å². The molecule has 3 nitrogen and oxygen atoms in total. The SMILES string of the molecule is COCCC(C)NCc1ccc(Br)o1. The zero-order valence-electron chi connectivity index (χ0n) is 8.55. The van der Waals surface area contributed by atoms with Crippen LogP contribution in [0, 0.1) is 0 Å². The van der Waals surface area contributed by atoms with E-state index in [1.165, 1.54) is 0 Å². The summed E-state index contributed by atoms with van der Waals surface area (Å²) in [5.74, 6) is 0.946. The van der Waals surface area contributed by atoms with E-state index in [-0.39, 0.29) is 0 Å². The number of halogens is 1. The van der Waals surface area contributed by atoms with E-state index in [4.69, 9.17) is 9.15 Å². The van der Waals surface area contributed by atoms with Crippen molar-refractivity contribution in [1.82, 2.24) is 5.32 Å². The molecule has 1 unspecified atom stereocenters. The first-order valence-electron chi connectivity index (χ1n) is 4.69. The maximum absolute atomic E-state index is 5.36. The lowest BCUT2D eigenvalue weighted by molar-refractivity contribution is 0.184. The fourth-order valence-corrected chi connectivity index (χ4v) is 1.46. The van der Waals surface area contributed by atoms with Crippen molar-refractivity contribution in [2.45, 2.75) is 25.9 Å². The second kappa shape index (κ2) is 6.22. The highest BCUT2D eigenvalue weighted by Crippen LogP contribution is 2.13. The highest BCUT2D eigenvalue weighted by atomic mass is 79.9. The summed E-state index contributed by atoms with van der Waals surface area (Å²) >= 11 is 3.27. The van der Waals surface area contributed by atoms with Gasteiger partial charge in [0.25, 0.3) is 0 Å². The van der Waals surface area contributed by atoms with Gasteiger partial charge in [-0.15, -0.1) is 0 Å². The predicted octanol–water partition coefficient (Wildman–Crippen LogP) is 2.56. The van der Waals surface area contributed by atoms with Crippen LogP contribution < -0.4 is 5.32 Å². The molecule has 0 fully saturated rings. The summed E-state index contributed by atoms with van der Waals surface area (Å²) in [7, 11) is 1.72. The zero-order valence-corrected chi connectivity index (χ0v) is 10.1. The highest BCUT2D eigenvalue weighted by Gasteiger charge is 2.03. The van der Waals surface area contributed by atoms with Gasteiger partial charge in [-0.2, -0.15) is 0 Å². The maximum Gasteiger partial charge on any atom is 0.169 e. The molecule has 0 aliphatic heterocycles. The molecule has 1 aromatic heterocycles. The first-order valence-corrected chi connectivity index (χ1v) is 5.48. The van der Waals surface area contributed by atoms with Gasteiger partial charge in [-0.1, -0.05) is 0 Å². The van der Waals surface area contributed by atoms with Crippen LogP contribution in [0.5, 0.6) is 0 Å². The summed E-state index contributed by atoms with van der Waals surface area (Å²) in [5.41, 5.74) is 0. The molecular weight excluding hydrogens is 246 g/mol. The first kappa shape index (κ1) is 11.8. The van der Waals surface area contributed by atoms with E-state index in [1.54, 1.807) is 7.11 Å². The molecule has 0 aliphatic rings. The van der Waals surface area contributed by atoms with Crippen LogP contribution in [0.1, 0.15) is 19.1 Å². The Kier molecular flexibility index (Phi) is 5.22. The highest BCUT2D eigenvalue weighted by molar-refractivity contribution is 9.10. The second-order valence-electron chi connectivity index (χ2n) is 3.27. The number of hydrogen-bond donors (Lipinski definition) is 1. The number of ether oxygens (including phenoxy) is 1. The van der Waals surface area contributed by atoms with Gasteiger partial charge in [-0.3, -0.25) is 0 Å². The van der Waals surface area contributed by atoms with Crippen LogP contribution in [0.25, 0.3) is 0 Å². The first-order chi connectivity index (χ1) is 6.72. The van der Waals surface area contributed by atoms with Gasteiger partial charge < -0.3 is 14.5 Å². The van der Waals surface area contributed by atoms with E-state index < -0.39 is 0 Å². The van der Waals surface area contributed by atoms with Crippen LogP contribution in [0.3, 0.4) is 0 Å². The lowest BCUT2D eigenvalue weighted by Gasteiger charge is -2.11. The topological polar surface area (TPSA) is 34.4 Å². The number of hydrogen-bond acceptors (Lipinski definition) is 3. The summed E-state index contributed by atoms with van der Waals surface area (Å²) in [6.45, 7) is 3.68. The molecule has 1 atom stereocenters. The Morgan fingerprint density at radius 2 is 2.36 bits per heavy atom. The number of furan rings is 1. The minimum absolute atomic E-state index is 0.443. The van der Waals surface area contributed by atoms with Gasteiger partial charge in [0, 0.05) is 19.8 Å². The summed E-state index contributed by atoms with van der Waals surface area (Å²) in [6.07, 6.45) is 1.01. The molecule has 0 saturated carbocycles. The predicted molar refractivity (Wildman–Crippen MR) is 59.2 cm³/mol. The molecule has 0 amide bonds. The lowest BCUT2D eigenvalue weighted by Crippen LogP contribution is -2.26. The van der Waals surface area contributed by atoms with Crippen molar-refractivity contribution in [3.63, 3.8) is 0 Å². The van der Waals surface area contributed by atoms with Crippen LogP contribution in [0.15, 0.2) is 21.2 Å². The van der Waals surface area contributed by atoms with E-state index in [1.807, 2.05) is 12.1 Å². The van der Waals surface area contributed by atoms with Gasteiger partial charge in [-0.25, -0.2) is 0 Å². The van der Waals surface area contributed by atoms with Crippen molar-refractivity contribution in [3.8, 4) is 0 Å². The molecule has 14 heavy (non-hydrogen) atoms. The standard InChI is InChI=1S/C10H16BrNO2/c1-8(5-6-13-2)12-7-9-3-4-10(11)14-9/h3-4,8,12H,5-7H2,1-2H3. The third-order valence-corrected chi connectivity index (χ3v) is 2.43. The van der Waals surface area contributed by atoms with Crippen LogP contribution in [0.4, 0.5) is 0 Å². The van der Waals surface area contributed by atoms with Gasteiger partial charge >= 0.3 is 0 Å². The molecule has 0 spiro atoms. The molecule has 1 heterocycles. The van der Waals surface area contributed by atoms with E-state index >= 15 is 0 Å². The fraction of sp³-hybridized carbons (Fsp3) is 0.600. The Bertz CT molecular complexity index is 262. The molecule has 1 N–H and O–H groups in total. The van der Waals surface area contributed by atoms with Crippen molar-refractivity contribution >= 4 is 15.9 Å². The van der Waals surface area contributed by atoms with E-state index in [9.17, 15) is 0 Å². The van der Waals surface area contributed by atoms with Crippen molar-refractivity contribution in [1.29, 1.82) is 0 Å². The van der Waals surface area contributed by atoms with Gasteiger partial charge in [0.1, 0.15) is 5.76 Å². The third-order valence-electron chi connectivity index (χ3n) is 2.01. The Morgan fingerprint density at radius 1 is 1.57 bits per heavy atom. The summed E-state index contributed by atoms with van der Waals surface area (Å²) in [6, 6.07) is 4.30. The monoisotopic (exact) mass is 261 g/mol. The normalized spacial score (nSPS) is 13.1. The van der Waals surface area contributed by atoms with Gasteiger partial charge in [-0.05, 0) is 41.4 Å². The summed E-state index contributed by atoms with van der Waals surface area (Å²) < 4.78 is 11.1. The Hall–Kier alpha value is -0.320. The van der Waals surface area contributed by atoms with Crippen molar-refractivity contribution in [3.05, 3.63) is 22.6 Å². The van der Waals surface area contributed by atoms with Crippen LogP contribution in [0.2, 0.25) is 0 Å². The quantitative estimate of drug-likeness (QED) is 0.855. The third kappa shape index (κ3) is 4.26. The number of methoxy groups -OCH3 is 1. The molecular formula is C10H16BrNO2. The van der Waals surface area contributed by atoms with Crippen molar-refractivity contribution < 1.29 is 9.15 Å². The van der Waals surface area contributed by atoms with Crippen LogP contribution in [-0.2, 0) is 11.3 Å². The lowest BCUT2D eigenvalue weighted by atomic mass is 10.2. The average Bonchev–Trinajstić information content (AvgIpc) is 2.58. The van der Waals surface area contributed by atoms with Crippen molar-refractivity contribution in [2.24, 2.45) is 0 Å². The smallest absolute Gasteiger partial charge is 0.169 e. The molecule has 80 valence electrons. The molecule has 4 heteroatoms. The maximum atomic E-state index is 5.36. The number of nitrogens with one attached hydrogen (secondary N) is 1. The Balaban J connectivity index is 2.20. The average molecular weight is 262 g/mol. The molecule has 0 radical (unpaired) electrons. The molecule has 0 aromatic carbocycles. The number of rotatable bonds is 6. The molecule has 0 aliphatic carbocycles. The molecule has 0 bridgehead atoms. The molecule has 1 rings (SSSR count). The van der Waals surface area contributed by atoms with Crippen LogP contribution in [-0.4, -0.2) is 19.8 Å². The molecule has 0 saturated heterocycles. The molecule has 1 aromatic rings. The summed E-state index contributed by atoms with van der Waals surface area (Å²) in [5, 5.41) is 3.35.